The Morgan fingerprint density at radius 2 is 2.05 bits per heavy atom. The second-order valence-electron chi connectivity index (χ2n) is 4.67. The summed E-state index contributed by atoms with van der Waals surface area (Å²) in [6, 6.07) is 6.03. The topological polar surface area (TPSA) is 45.8 Å². The lowest BCUT2D eigenvalue weighted by atomic mass is 10.0. The number of hydrogen-bond donors (Lipinski definition) is 1. The molecule has 1 N–H and O–H groups in total. The number of aryl methyl sites for hydroxylation is 2. The summed E-state index contributed by atoms with van der Waals surface area (Å²) in [4.78, 5) is 19.4. The van der Waals surface area contributed by atoms with E-state index in [9.17, 15) is 4.79 Å². The van der Waals surface area contributed by atoms with Gasteiger partial charge in [-0.15, -0.1) is 0 Å². The van der Waals surface area contributed by atoms with Crippen LogP contribution in [0.1, 0.15) is 30.2 Å². The molecular formula is C15H17BrN2O. The van der Waals surface area contributed by atoms with E-state index >= 15 is 0 Å². The summed E-state index contributed by atoms with van der Waals surface area (Å²) in [5, 5.41) is 0. The lowest BCUT2D eigenvalue weighted by Gasteiger charge is -2.10. The predicted molar refractivity (Wildman–Crippen MR) is 81.5 cm³/mol. The van der Waals surface area contributed by atoms with Crippen LogP contribution >= 0.6 is 15.9 Å². The molecule has 0 atom stereocenters. The minimum absolute atomic E-state index is 0.116. The minimum Gasteiger partial charge on any atom is -0.306 e. The molecule has 1 heterocycles. The number of benzene rings is 1. The van der Waals surface area contributed by atoms with Crippen LogP contribution in [-0.4, -0.2) is 9.97 Å². The molecule has 0 radical (unpaired) electrons. The number of nitrogens with zero attached hydrogens (tertiary/aromatic N) is 1. The first kappa shape index (κ1) is 14.0. The smallest absolute Gasteiger partial charge is 0.265 e. The van der Waals surface area contributed by atoms with Crippen LogP contribution in [0.15, 0.2) is 27.5 Å². The van der Waals surface area contributed by atoms with Crippen molar-refractivity contribution >= 4 is 15.9 Å². The normalized spacial score (nSPS) is 10.7. The van der Waals surface area contributed by atoms with Crippen LogP contribution in [-0.2, 0) is 6.42 Å². The number of hydrogen-bond acceptors (Lipinski definition) is 2. The maximum atomic E-state index is 12.0. The largest absolute Gasteiger partial charge is 0.306 e. The summed E-state index contributed by atoms with van der Waals surface area (Å²) >= 11 is 3.31. The minimum atomic E-state index is -0.116. The zero-order chi connectivity index (χ0) is 14.0. The van der Waals surface area contributed by atoms with Crippen molar-refractivity contribution in [1.29, 1.82) is 0 Å². The Morgan fingerprint density at radius 1 is 1.32 bits per heavy atom. The number of aromatic nitrogens is 2. The zero-order valence-electron chi connectivity index (χ0n) is 11.4. The van der Waals surface area contributed by atoms with Crippen LogP contribution in [0.5, 0.6) is 0 Å². The van der Waals surface area contributed by atoms with Gasteiger partial charge in [0.15, 0.2) is 0 Å². The van der Waals surface area contributed by atoms with E-state index in [1.807, 2.05) is 19.1 Å². The Labute approximate surface area is 121 Å². The van der Waals surface area contributed by atoms with E-state index < -0.39 is 0 Å². The van der Waals surface area contributed by atoms with E-state index in [-0.39, 0.29) is 5.56 Å². The van der Waals surface area contributed by atoms with Gasteiger partial charge in [-0.3, -0.25) is 4.79 Å². The van der Waals surface area contributed by atoms with E-state index in [1.165, 1.54) is 5.56 Å². The molecule has 1 aromatic heterocycles. The summed E-state index contributed by atoms with van der Waals surface area (Å²) in [5.74, 6) is 0.651. The van der Waals surface area contributed by atoms with Gasteiger partial charge in [0.25, 0.3) is 5.56 Å². The van der Waals surface area contributed by atoms with Crippen LogP contribution in [0, 0.1) is 13.8 Å². The van der Waals surface area contributed by atoms with Crippen molar-refractivity contribution in [3.63, 3.8) is 0 Å². The van der Waals surface area contributed by atoms with Gasteiger partial charge in [-0.1, -0.05) is 31.5 Å². The van der Waals surface area contributed by atoms with E-state index in [4.69, 9.17) is 0 Å². The van der Waals surface area contributed by atoms with Gasteiger partial charge in [0.05, 0.1) is 5.69 Å². The maximum absolute atomic E-state index is 12.0. The highest BCUT2D eigenvalue weighted by molar-refractivity contribution is 9.10. The fraction of sp³-hybridized carbons (Fsp3) is 0.333. The van der Waals surface area contributed by atoms with Crippen molar-refractivity contribution in [2.24, 2.45) is 0 Å². The van der Waals surface area contributed by atoms with Crippen LogP contribution in [0.3, 0.4) is 0 Å². The monoisotopic (exact) mass is 320 g/mol. The number of rotatable bonds is 3. The number of halogens is 1. The highest BCUT2D eigenvalue weighted by Gasteiger charge is 2.11. The van der Waals surface area contributed by atoms with Crippen LogP contribution in [0.2, 0.25) is 0 Å². The van der Waals surface area contributed by atoms with E-state index in [0.717, 1.165) is 29.7 Å². The average molecular weight is 321 g/mol. The molecule has 0 saturated carbocycles. The van der Waals surface area contributed by atoms with Crippen LogP contribution in [0.25, 0.3) is 11.4 Å². The van der Waals surface area contributed by atoms with E-state index in [2.05, 4.69) is 45.8 Å². The second kappa shape index (κ2) is 5.70. The standard InChI is InChI=1S/C15H17BrN2O/c1-4-6-12-13(16)15(19)18-14(17-12)11-8-5-7-9(2)10(11)3/h5,7-8H,4,6H2,1-3H3,(H,17,18,19). The van der Waals surface area contributed by atoms with Gasteiger partial charge in [-0.05, 0) is 47.3 Å². The Kier molecular flexibility index (Phi) is 4.20. The van der Waals surface area contributed by atoms with Gasteiger partial charge in [-0.25, -0.2) is 4.98 Å². The molecule has 3 nitrogen and oxygen atoms in total. The summed E-state index contributed by atoms with van der Waals surface area (Å²) in [6.45, 7) is 6.18. The third-order valence-corrected chi connectivity index (χ3v) is 4.10. The number of nitrogens with one attached hydrogen (secondary N) is 1. The van der Waals surface area contributed by atoms with Crippen molar-refractivity contribution < 1.29 is 0 Å². The summed E-state index contributed by atoms with van der Waals surface area (Å²) < 4.78 is 0.545. The summed E-state index contributed by atoms with van der Waals surface area (Å²) in [6.07, 6.45) is 1.75. The summed E-state index contributed by atoms with van der Waals surface area (Å²) in [7, 11) is 0. The van der Waals surface area contributed by atoms with Gasteiger partial charge < -0.3 is 4.98 Å². The fourth-order valence-electron chi connectivity index (χ4n) is 2.04. The molecule has 4 heteroatoms. The second-order valence-corrected chi connectivity index (χ2v) is 5.47. The molecule has 2 rings (SSSR count). The Balaban J connectivity index is 2.63. The Hall–Kier alpha value is -1.42. The van der Waals surface area contributed by atoms with E-state index in [1.54, 1.807) is 0 Å². The van der Waals surface area contributed by atoms with Crippen molar-refractivity contribution in [3.8, 4) is 11.4 Å². The molecule has 0 unspecified atom stereocenters. The highest BCUT2D eigenvalue weighted by Crippen LogP contribution is 2.23. The first-order chi connectivity index (χ1) is 9.04. The lowest BCUT2D eigenvalue weighted by Crippen LogP contribution is -2.14. The number of H-pyrrole nitrogens is 1. The number of aromatic amines is 1. The Morgan fingerprint density at radius 3 is 2.74 bits per heavy atom. The molecule has 0 spiro atoms. The van der Waals surface area contributed by atoms with Crippen molar-refractivity contribution in [1.82, 2.24) is 9.97 Å². The van der Waals surface area contributed by atoms with Gasteiger partial charge in [0.1, 0.15) is 10.3 Å². The molecular weight excluding hydrogens is 304 g/mol. The summed E-state index contributed by atoms with van der Waals surface area (Å²) in [5.41, 5.74) is 4.04. The van der Waals surface area contributed by atoms with Gasteiger partial charge >= 0.3 is 0 Å². The molecule has 0 fully saturated rings. The lowest BCUT2D eigenvalue weighted by molar-refractivity contribution is 0.860. The molecule has 0 bridgehead atoms. The fourth-order valence-corrected chi connectivity index (χ4v) is 2.43. The molecule has 0 aliphatic carbocycles. The SMILES string of the molecule is CCCc1nc(-c2cccc(C)c2C)[nH]c(=O)c1Br. The van der Waals surface area contributed by atoms with Gasteiger partial charge in [0, 0.05) is 5.56 Å². The van der Waals surface area contributed by atoms with Crippen molar-refractivity contribution in [2.45, 2.75) is 33.6 Å². The molecule has 0 aliphatic rings. The highest BCUT2D eigenvalue weighted by atomic mass is 79.9. The van der Waals surface area contributed by atoms with Crippen molar-refractivity contribution in [2.75, 3.05) is 0 Å². The molecule has 0 amide bonds. The van der Waals surface area contributed by atoms with Crippen molar-refractivity contribution in [3.05, 3.63) is 49.8 Å². The molecule has 100 valence electrons. The van der Waals surface area contributed by atoms with Crippen LogP contribution < -0.4 is 5.56 Å². The van der Waals surface area contributed by atoms with E-state index in [0.29, 0.717) is 10.3 Å². The Bertz CT molecular complexity index is 662. The van der Waals surface area contributed by atoms with Gasteiger partial charge in [0.2, 0.25) is 0 Å². The average Bonchev–Trinajstić information content (AvgIpc) is 2.38. The molecule has 1 aromatic carbocycles. The quantitative estimate of drug-likeness (QED) is 0.935. The molecule has 2 aromatic rings. The third kappa shape index (κ3) is 2.78. The first-order valence-electron chi connectivity index (χ1n) is 6.39. The molecule has 19 heavy (non-hydrogen) atoms. The third-order valence-electron chi connectivity index (χ3n) is 3.28. The van der Waals surface area contributed by atoms with Crippen LogP contribution in [0.4, 0.5) is 0 Å². The van der Waals surface area contributed by atoms with Gasteiger partial charge in [-0.2, -0.15) is 0 Å². The first-order valence-corrected chi connectivity index (χ1v) is 7.19. The molecule has 0 aliphatic heterocycles. The maximum Gasteiger partial charge on any atom is 0.265 e. The molecule has 0 saturated heterocycles. The zero-order valence-corrected chi connectivity index (χ0v) is 13.0. The predicted octanol–water partition coefficient (Wildman–Crippen LogP) is 3.77.